The number of aromatic nitrogens is 2. The number of rotatable bonds is 4. The summed E-state index contributed by atoms with van der Waals surface area (Å²) in [6, 6.07) is 16.7. The Kier molecular flexibility index (Phi) is 4.44. The molecule has 4 rings (SSSR count). The molecule has 1 aliphatic heterocycles. The van der Waals surface area contributed by atoms with Crippen molar-refractivity contribution in [1.29, 1.82) is 0 Å². The highest BCUT2D eigenvalue weighted by molar-refractivity contribution is 6.30. The third-order valence-electron chi connectivity index (χ3n) is 4.64. The van der Waals surface area contributed by atoms with Crippen molar-refractivity contribution >= 4 is 17.3 Å². The summed E-state index contributed by atoms with van der Waals surface area (Å²) in [6.45, 7) is 2.53. The molecule has 7 heteroatoms. The largest absolute Gasteiger partial charge is 0.294 e. The maximum Gasteiger partial charge on any atom is 0.269 e. The molecule has 132 valence electrons. The number of halogens is 1. The van der Waals surface area contributed by atoms with Crippen LogP contribution in [0.5, 0.6) is 0 Å². The first kappa shape index (κ1) is 16.8. The number of hydrogen-bond donors (Lipinski definition) is 0. The van der Waals surface area contributed by atoms with Gasteiger partial charge in [-0.05, 0) is 17.7 Å². The summed E-state index contributed by atoms with van der Waals surface area (Å²) < 4.78 is 1.81. The van der Waals surface area contributed by atoms with Crippen molar-refractivity contribution in [2.45, 2.75) is 19.5 Å². The molecule has 0 radical (unpaired) electrons. The third kappa shape index (κ3) is 3.21. The van der Waals surface area contributed by atoms with Crippen LogP contribution in [-0.4, -0.2) is 26.1 Å². The fraction of sp³-hybridized carbons (Fsp3) is 0.211. The number of fused-ring (bicyclic) bond motifs is 1. The zero-order valence-electron chi connectivity index (χ0n) is 14.0. The SMILES string of the molecule is O=[N+]([O-])c1ccc(-n2nc(Cl)c3c2CCN(Cc2ccccc2)C3)cc1. The second kappa shape index (κ2) is 6.90. The molecule has 2 heterocycles. The molecule has 0 fully saturated rings. The Morgan fingerprint density at radius 3 is 2.54 bits per heavy atom. The van der Waals surface area contributed by atoms with E-state index in [1.54, 1.807) is 16.8 Å². The first-order chi connectivity index (χ1) is 12.6. The summed E-state index contributed by atoms with van der Waals surface area (Å²) >= 11 is 6.40. The van der Waals surface area contributed by atoms with E-state index in [9.17, 15) is 10.1 Å². The van der Waals surface area contributed by atoms with Gasteiger partial charge in [-0.3, -0.25) is 15.0 Å². The number of benzene rings is 2. The summed E-state index contributed by atoms with van der Waals surface area (Å²) in [5.41, 5.74) is 4.24. The maximum absolute atomic E-state index is 10.8. The van der Waals surface area contributed by atoms with Gasteiger partial charge in [-0.15, -0.1) is 0 Å². The second-order valence-corrected chi connectivity index (χ2v) is 6.71. The molecule has 6 nitrogen and oxygen atoms in total. The van der Waals surface area contributed by atoms with E-state index in [0.29, 0.717) is 5.15 Å². The average Bonchev–Trinajstić information content (AvgIpc) is 2.99. The zero-order chi connectivity index (χ0) is 18.1. The third-order valence-corrected chi connectivity index (χ3v) is 4.95. The Bertz CT molecular complexity index is 938. The Hall–Kier alpha value is -2.70. The van der Waals surface area contributed by atoms with Gasteiger partial charge in [0.25, 0.3) is 5.69 Å². The summed E-state index contributed by atoms with van der Waals surface area (Å²) in [4.78, 5) is 12.8. The predicted molar refractivity (Wildman–Crippen MR) is 99.5 cm³/mol. The van der Waals surface area contributed by atoms with Crippen molar-refractivity contribution in [3.63, 3.8) is 0 Å². The van der Waals surface area contributed by atoms with E-state index in [1.807, 2.05) is 18.2 Å². The molecule has 0 atom stereocenters. The van der Waals surface area contributed by atoms with Crippen molar-refractivity contribution in [1.82, 2.24) is 14.7 Å². The first-order valence-corrected chi connectivity index (χ1v) is 8.77. The minimum Gasteiger partial charge on any atom is -0.294 e. The summed E-state index contributed by atoms with van der Waals surface area (Å²) in [5.74, 6) is 0. The van der Waals surface area contributed by atoms with E-state index in [2.05, 4.69) is 22.1 Å². The number of hydrogen-bond acceptors (Lipinski definition) is 4. The van der Waals surface area contributed by atoms with Gasteiger partial charge in [0.1, 0.15) is 0 Å². The molecule has 26 heavy (non-hydrogen) atoms. The lowest BCUT2D eigenvalue weighted by Crippen LogP contribution is -2.30. The Labute approximate surface area is 155 Å². The molecule has 2 aromatic carbocycles. The topological polar surface area (TPSA) is 64.2 Å². The number of nitro groups is 1. The lowest BCUT2D eigenvalue weighted by molar-refractivity contribution is -0.384. The van der Waals surface area contributed by atoms with Gasteiger partial charge in [-0.2, -0.15) is 5.10 Å². The average molecular weight is 369 g/mol. The molecule has 0 unspecified atom stereocenters. The van der Waals surface area contributed by atoms with E-state index >= 15 is 0 Å². The van der Waals surface area contributed by atoms with Crippen molar-refractivity contribution in [2.75, 3.05) is 6.54 Å². The van der Waals surface area contributed by atoms with E-state index in [-0.39, 0.29) is 5.69 Å². The highest BCUT2D eigenvalue weighted by Crippen LogP contribution is 2.29. The lowest BCUT2D eigenvalue weighted by Gasteiger charge is -2.27. The van der Waals surface area contributed by atoms with Crippen LogP contribution in [0.1, 0.15) is 16.8 Å². The van der Waals surface area contributed by atoms with Crippen LogP contribution in [-0.2, 0) is 19.5 Å². The van der Waals surface area contributed by atoms with Crippen LogP contribution in [0.2, 0.25) is 5.15 Å². The quantitative estimate of drug-likeness (QED) is 0.516. The van der Waals surface area contributed by atoms with Gasteiger partial charge in [0, 0.05) is 43.8 Å². The Morgan fingerprint density at radius 1 is 1.12 bits per heavy atom. The van der Waals surface area contributed by atoms with Gasteiger partial charge < -0.3 is 0 Å². The fourth-order valence-electron chi connectivity index (χ4n) is 3.34. The first-order valence-electron chi connectivity index (χ1n) is 8.39. The molecule has 0 N–H and O–H groups in total. The van der Waals surface area contributed by atoms with Gasteiger partial charge in [-0.25, -0.2) is 4.68 Å². The van der Waals surface area contributed by atoms with Crippen molar-refractivity contribution in [3.05, 3.63) is 86.7 Å². The van der Waals surface area contributed by atoms with Gasteiger partial charge >= 0.3 is 0 Å². The van der Waals surface area contributed by atoms with Crippen LogP contribution >= 0.6 is 11.6 Å². The minimum absolute atomic E-state index is 0.0647. The molecule has 3 aromatic rings. The van der Waals surface area contributed by atoms with Crippen LogP contribution in [0.25, 0.3) is 5.69 Å². The molecule has 1 aliphatic rings. The number of nitro benzene ring substituents is 1. The predicted octanol–water partition coefficient (Wildman–Crippen LogP) is 3.99. The summed E-state index contributed by atoms with van der Waals surface area (Å²) in [7, 11) is 0. The maximum atomic E-state index is 10.8. The van der Waals surface area contributed by atoms with Gasteiger partial charge in [-0.1, -0.05) is 41.9 Å². The molecule has 0 aliphatic carbocycles. The van der Waals surface area contributed by atoms with E-state index in [0.717, 1.165) is 43.0 Å². The van der Waals surface area contributed by atoms with Crippen molar-refractivity contribution in [2.24, 2.45) is 0 Å². The van der Waals surface area contributed by atoms with Crippen molar-refractivity contribution in [3.8, 4) is 5.69 Å². The van der Waals surface area contributed by atoms with E-state index < -0.39 is 4.92 Å². The number of non-ortho nitro benzene ring substituents is 1. The molecule has 0 saturated heterocycles. The second-order valence-electron chi connectivity index (χ2n) is 6.35. The molecule has 0 bridgehead atoms. The van der Waals surface area contributed by atoms with Gasteiger partial charge in [0.05, 0.1) is 16.3 Å². The summed E-state index contributed by atoms with van der Waals surface area (Å²) in [5, 5.41) is 15.8. The molecule has 0 saturated carbocycles. The minimum atomic E-state index is -0.406. The summed E-state index contributed by atoms with van der Waals surface area (Å²) in [6.07, 6.45) is 0.832. The van der Waals surface area contributed by atoms with Gasteiger partial charge in [0.2, 0.25) is 0 Å². The normalized spacial score (nSPS) is 14.2. The van der Waals surface area contributed by atoms with E-state index in [1.165, 1.54) is 17.7 Å². The zero-order valence-corrected chi connectivity index (χ0v) is 14.8. The molecule has 0 spiro atoms. The van der Waals surface area contributed by atoms with Gasteiger partial charge in [0.15, 0.2) is 5.15 Å². The standard InChI is InChI=1S/C19H17ClN4O2/c20-19-17-13-22(12-14-4-2-1-3-5-14)11-10-18(17)23(21-19)15-6-8-16(9-7-15)24(25)26/h1-9H,10-13H2. The van der Waals surface area contributed by atoms with E-state index in [4.69, 9.17) is 11.6 Å². The smallest absolute Gasteiger partial charge is 0.269 e. The molecule has 1 aromatic heterocycles. The van der Waals surface area contributed by atoms with Crippen LogP contribution < -0.4 is 0 Å². The molecule has 0 amide bonds. The van der Waals surface area contributed by atoms with Crippen LogP contribution in [0, 0.1) is 10.1 Å². The van der Waals surface area contributed by atoms with Crippen molar-refractivity contribution < 1.29 is 4.92 Å². The highest BCUT2D eigenvalue weighted by Gasteiger charge is 2.25. The Morgan fingerprint density at radius 2 is 1.85 bits per heavy atom. The lowest BCUT2D eigenvalue weighted by atomic mass is 10.1. The molecular formula is C19H17ClN4O2. The van der Waals surface area contributed by atoms with Crippen LogP contribution in [0.3, 0.4) is 0 Å². The number of nitrogens with zero attached hydrogens (tertiary/aromatic N) is 4. The monoisotopic (exact) mass is 368 g/mol. The highest BCUT2D eigenvalue weighted by atomic mass is 35.5. The molecular weight excluding hydrogens is 352 g/mol. The van der Waals surface area contributed by atoms with Crippen LogP contribution in [0.4, 0.5) is 5.69 Å². The van der Waals surface area contributed by atoms with Crippen LogP contribution in [0.15, 0.2) is 54.6 Å². The fourth-order valence-corrected chi connectivity index (χ4v) is 3.59. The Balaban J connectivity index is 1.58.